The molecule has 0 radical (unpaired) electrons. The molecule has 1 rings (SSSR count). The van der Waals surface area contributed by atoms with Gasteiger partial charge in [0.2, 0.25) is 0 Å². The maximum Gasteiger partial charge on any atom is 0.389 e. The van der Waals surface area contributed by atoms with Gasteiger partial charge in [-0.25, -0.2) is 0 Å². The largest absolute Gasteiger partial charge is 0.494 e. The second kappa shape index (κ2) is 8.47. The van der Waals surface area contributed by atoms with Crippen LogP contribution in [0.4, 0.5) is 13.2 Å². The molecule has 0 N–H and O–H groups in total. The Hall–Kier alpha value is -1.37. The molecule has 1 aromatic carbocycles. The van der Waals surface area contributed by atoms with E-state index in [2.05, 4.69) is 4.99 Å². The third-order valence-corrected chi connectivity index (χ3v) is 4.62. The first-order chi connectivity index (χ1) is 10.6. The van der Waals surface area contributed by atoms with Gasteiger partial charge in [-0.1, -0.05) is 0 Å². The molecule has 0 fully saturated rings. The minimum absolute atomic E-state index is 0.0253. The summed E-state index contributed by atoms with van der Waals surface area (Å²) in [6.07, 6.45) is -3.43. The van der Waals surface area contributed by atoms with E-state index >= 15 is 0 Å². The molecule has 0 heterocycles. The third kappa shape index (κ3) is 8.74. The van der Waals surface area contributed by atoms with E-state index in [-0.39, 0.29) is 23.7 Å². The molecule has 3 nitrogen and oxygen atoms in total. The van der Waals surface area contributed by atoms with Gasteiger partial charge in [-0.2, -0.15) is 13.2 Å². The average Bonchev–Trinajstić information content (AvgIpc) is 2.43. The fraction of sp³-hybridized carbons (Fsp3) is 0.562. The quantitative estimate of drug-likeness (QED) is 0.543. The highest BCUT2D eigenvalue weighted by atomic mass is 32.2. The van der Waals surface area contributed by atoms with Gasteiger partial charge in [-0.3, -0.25) is 9.20 Å². The smallest absolute Gasteiger partial charge is 0.389 e. The van der Waals surface area contributed by atoms with E-state index < -0.39 is 23.4 Å². The predicted molar refractivity (Wildman–Crippen MR) is 87.6 cm³/mol. The zero-order valence-corrected chi connectivity index (χ0v) is 14.3. The van der Waals surface area contributed by atoms with E-state index in [4.69, 9.17) is 4.74 Å². The molecule has 1 aromatic rings. The average molecular weight is 349 g/mol. The van der Waals surface area contributed by atoms with Crippen molar-refractivity contribution in [3.8, 4) is 5.75 Å². The Morgan fingerprint density at radius 1 is 1.17 bits per heavy atom. The van der Waals surface area contributed by atoms with Crippen LogP contribution in [-0.2, 0) is 10.8 Å². The fourth-order valence-corrected chi connectivity index (χ4v) is 2.11. The second-order valence-corrected chi connectivity index (χ2v) is 8.21. The Labute approximate surface area is 137 Å². The van der Waals surface area contributed by atoms with E-state index in [1.807, 2.05) is 20.8 Å². The van der Waals surface area contributed by atoms with Gasteiger partial charge < -0.3 is 4.74 Å². The lowest BCUT2D eigenvalue weighted by Crippen LogP contribution is -2.23. The van der Waals surface area contributed by atoms with Crippen LogP contribution < -0.4 is 4.74 Å². The molecule has 0 aliphatic rings. The van der Waals surface area contributed by atoms with Gasteiger partial charge in [-0.15, -0.1) is 0 Å². The summed E-state index contributed by atoms with van der Waals surface area (Å²) in [7, 11) is -1.04. The van der Waals surface area contributed by atoms with Gasteiger partial charge in [0.25, 0.3) is 0 Å². The van der Waals surface area contributed by atoms with Crippen LogP contribution in [0, 0.1) is 0 Å². The molecule has 0 aliphatic heterocycles. The zero-order valence-electron chi connectivity index (χ0n) is 13.5. The summed E-state index contributed by atoms with van der Waals surface area (Å²) in [4.78, 5) is 4.15. The van der Waals surface area contributed by atoms with Crippen LogP contribution in [0.15, 0.2) is 29.3 Å². The van der Waals surface area contributed by atoms with Crippen molar-refractivity contribution in [3.63, 3.8) is 0 Å². The van der Waals surface area contributed by atoms with Gasteiger partial charge in [0.05, 0.1) is 6.61 Å². The standard InChI is InChI=1S/C16H22F3NO2S/c1-15(2,3)23(21)12-20-11-13-5-7-14(8-6-13)22-10-4-9-16(17,18)19/h5-8,11H,4,9-10,12H2,1-3H3/t23-/m1/s1. The van der Waals surface area contributed by atoms with Crippen molar-refractivity contribution in [3.05, 3.63) is 29.8 Å². The molecule has 130 valence electrons. The zero-order chi connectivity index (χ0) is 17.5. The molecule has 0 spiro atoms. The van der Waals surface area contributed by atoms with Crippen molar-refractivity contribution in [2.45, 2.75) is 44.5 Å². The summed E-state index contributed by atoms with van der Waals surface area (Å²) >= 11 is 0. The maximum atomic E-state index is 12.0. The first-order valence-electron chi connectivity index (χ1n) is 7.26. The number of nitrogens with zero attached hydrogens (tertiary/aromatic N) is 1. The fourth-order valence-electron chi connectivity index (χ4n) is 1.52. The number of ether oxygens (including phenoxy) is 1. The number of halogens is 3. The van der Waals surface area contributed by atoms with Crippen LogP contribution in [0.1, 0.15) is 39.2 Å². The summed E-state index contributed by atoms with van der Waals surface area (Å²) in [6, 6.07) is 6.86. The van der Waals surface area contributed by atoms with Crippen molar-refractivity contribution in [2.75, 3.05) is 12.5 Å². The van der Waals surface area contributed by atoms with Crippen molar-refractivity contribution in [1.82, 2.24) is 0 Å². The maximum absolute atomic E-state index is 12.0. The summed E-state index contributed by atoms with van der Waals surface area (Å²) in [5.41, 5.74) is 0.818. The molecule has 7 heteroatoms. The van der Waals surface area contributed by atoms with Crippen LogP contribution in [0.2, 0.25) is 0 Å². The lowest BCUT2D eigenvalue weighted by atomic mass is 10.2. The topological polar surface area (TPSA) is 38.7 Å². The van der Waals surface area contributed by atoms with E-state index in [1.54, 1.807) is 30.5 Å². The molecule has 0 aliphatic carbocycles. The number of aliphatic imine (C=N–C) groups is 1. The molecule has 0 bridgehead atoms. The highest BCUT2D eigenvalue weighted by molar-refractivity contribution is 7.86. The molecule has 0 saturated heterocycles. The number of benzene rings is 1. The van der Waals surface area contributed by atoms with Gasteiger partial charge in [0.15, 0.2) is 0 Å². The molecule has 0 amide bonds. The number of rotatable bonds is 7. The van der Waals surface area contributed by atoms with Crippen molar-refractivity contribution >= 4 is 17.0 Å². The van der Waals surface area contributed by atoms with Crippen LogP contribution in [0.5, 0.6) is 5.75 Å². The van der Waals surface area contributed by atoms with Gasteiger partial charge in [0, 0.05) is 28.2 Å². The van der Waals surface area contributed by atoms with Crippen molar-refractivity contribution < 1.29 is 22.1 Å². The number of alkyl halides is 3. The Balaban J connectivity index is 2.40. The van der Waals surface area contributed by atoms with Crippen LogP contribution in [-0.4, -0.2) is 33.8 Å². The van der Waals surface area contributed by atoms with Crippen LogP contribution >= 0.6 is 0 Å². The lowest BCUT2D eigenvalue weighted by molar-refractivity contribution is -0.136. The highest BCUT2D eigenvalue weighted by Gasteiger charge is 2.26. The summed E-state index contributed by atoms with van der Waals surface area (Å²) in [5.74, 6) is 0.752. The van der Waals surface area contributed by atoms with Crippen molar-refractivity contribution in [1.29, 1.82) is 0 Å². The number of hydrogen-bond acceptors (Lipinski definition) is 3. The Bertz CT molecular complexity index is 534. The van der Waals surface area contributed by atoms with E-state index in [1.165, 1.54) is 0 Å². The Morgan fingerprint density at radius 2 is 1.78 bits per heavy atom. The molecule has 0 saturated carbocycles. The summed E-state index contributed by atoms with van der Waals surface area (Å²) in [5, 5.41) is 0. The SMILES string of the molecule is CC(C)(C)[S@](=O)CN=Cc1ccc(OCCCC(F)(F)F)cc1. The Morgan fingerprint density at radius 3 is 2.30 bits per heavy atom. The van der Waals surface area contributed by atoms with E-state index in [9.17, 15) is 17.4 Å². The van der Waals surface area contributed by atoms with Crippen LogP contribution in [0.3, 0.4) is 0 Å². The number of hydrogen-bond donors (Lipinski definition) is 0. The molecular formula is C16H22F3NO2S. The van der Waals surface area contributed by atoms with Crippen molar-refractivity contribution in [2.24, 2.45) is 4.99 Å². The van der Waals surface area contributed by atoms with Crippen LogP contribution in [0.25, 0.3) is 0 Å². The van der Waals surface area contributed by atoms with Gasteiger partial charge in [-0.05, 0) is 57.0 Å². The minimum atomic E-state index is -4.14. The first-order valence-corrected chi connectivity index (χ1v) is 8.58. The van der Waals surface area contributed by atoms with Gasteiger partial charge >= 0.3 is 6.18 Å². The molecule has 23 heavy (non-hydrogen) atoms. The molecule has 0 aromatic heterocycles. The Kier molecular flexibility index (Phi) is 7.25. The summed E-state index contributed by atoms with van der Waals surface area (Å²) < 4.78 is 52.7. The monoisotopic (exact) mass is 349 g/mol. The molecule has 0 unspecified atom stereocenters. The third-order valence-electron chi connectivity index (χ3n) is 2.87. The summed E-state index contributed by atoms with van der Waals surface area (Å²) in [6.45, 7) is 5.70. The van der Waals surface area contributed by atoms with E-state index in [0.717, 1.165) is 5.56 Å². The first kappa shape index (κ1) is 19.7. The second-order valence-electron chi connectivity index (χ2n) is 6.03. The lowest BCUT2D eigenvalue weighted by Gasteiger charge is -2.15. The highest BCUT2D eigenvalue weighted by Crippen LogP contribution is 2.21. The molecular weight excluding hydrogens is 327 g/mol. The molecule has 1 atom stereocenters. The van der Waals surface area contributed by atoms with Gasteiger partial charge in [0.1, 0.15) is 11.6 Å². The van der Waals surface area contributed by atoms with E-state index in [0.29, 0.717) is 5.75 Å². The predicted octanol–water partition coefficient (Wildman–Crippen LogP) is 4.33. The normalized spacial score (nSPS) is 14.2. The minimum Gasteiger partial charge on any atom is -0.494 e.